The number of rotatable bonds is 22. The molecule has 0 bridgehead atoms. The van der Waals surface area contributed by atoms with Crippen molar-refractivity contribution in [3.8, 4) is 11.5 Å². The molecule has 5 aromatic carbocycles. The van der Waals surface area contributed by atoms with Gasteiger partial charge >= 0.3 is 0 Å². The highest BCUT2D eigenvalue weighted by molar-refractivity contribution is 6.37. The standard InChI is InChI=1S/C48H45Cl5N8O8/c1-5-68-37-17-7-11-29(24-50)43(37)56-45(64)32-13-9-15-35(39(32)52)58-60-41(26(3)62)47(66)54-31-19-20-34(28(23-31)21-22-49)55-48(67)42(27(4)63)61-59-36-16-10-14-33(40(36)53)46(65)57-44-30(25-51)12-8-18-38(44)69-6-2/h7-20,23,41-42H,5-6,21-22,24-25H2,1-4H3,(H,54,66)(H,55,67)(H,56,64)(H,57,65). The molecule has 0 aliphatic rings. The van der Waals surface area contributed by atoms with Crippen molar-refractivity contribution in [2.75, 3.05) is 40.4 Å². The van der Waals surface area contributed by atoms with Crippen LogP contribution in [0, 0.1) is 0 Å². The predicted molar refractivity (Wildman–Crippen MR) is 269 cm³/mol. The lowest BCUT2D eigenvalue weighted by Crippen LogP contribution is -2.32. The van der Waals surface area contributed by atoms with E-state index in [2.05, 4.69) is 41.7 Å². The van der Waals surface area contributed by atoms with E-state index in [1.165, 1.54) is 54.6 Å². The molecular formula is C48H45Cl5N8O8. The van der Waals surface area contributed by atoms with Crippen molar-refractivity contribution in [3.63, 3.8) is 0 Å². The van der Waals surface area contributed by atoms with E-state index < -0.39 is 47.3 Å². The smallest absolute Gasteiger partial charge is 0.258 e. The molecule has 5 rings (SSSR count). The van der Waals surface area contributed by atoms with Gasteiger partial charge in [-0.15, -0.1) is 34.8 Å². The van der Waals surface area contributed by atoms with Crippen molar-refractivity contribution in [2.45, 2.75) is 58.0 Å². The number of nitrogens with zero attached hydrogens (tertiary/aromatic N) is 4. The highest BCUT2D eigenvalue weighted by Gasteiger charge is 2.27. The van der Waals surface area contributed by atoms with E-state index in [4.69, 9.17) is 67.5 Å². The van der Waals surface area contributed by atoms with Crippen LogP contribution < -0.4 is 30.7 Å². The molecule has 0 saturated heterocycles. The van der Waals surface area contributed by atoms with Gasteiger partial charge in [0.1, 0.15) is 22.9 Å². The van der Waals surface area contributed by atoms with Crippen LogP contribution in [0.1, 0.15) is 65.1 Å². The molecule has 0 aliphatic carbocycles. The number of nitrogens with one attached hydrogen (secondary N) is 4. The molecular weight excluding hydrogens is 994 g/mol. The summed E-state index contributed by atoms with van der Waals surface area (Å²) in [6.45, 7) is 6.60. The quantitative estimate of drug-likeness (QED) is 0.0296. The summed E-state index contributed by atoms with van der Waals surface area (Å²) >= 11 is 31.6. The summed E-state index contributed by atoms with van der Waals surface area (Å²) in [5.41, 5.74) is 2.95. The topological polar surface area (TPSA) is 218 Å². The number of ether oxygens (including phenoxy) is 2. The third-order valence-corrected chi connectivity index (χ3v) is 11.4. The molecule has 69 heavy (non-hydrogen) atoms. The first kappa shape index (κ1) is 53.5. The summed E-state index contributed by atoms with van der Waals surface area (Å²) in [5.74, 6) is -3.08. The van der Waals surface area contributed by atoms with E-state index in [-0.39, 0.29) is 68.0 Å². The molecule has 0 fully saturated rings. The molecule has 0 saturated carbocycles. The number of halogens is 5. The number of Topliss-reactive ketones (excluding diaryl/α,β-unsaturated/α-hetero) is 2. The summed E-state index contributed by atoms with van der Waals surface area (Å²) in [6, 6.07) is 20.4. The van der Waals surface area contributed by atoms with Gasteiger partial charge in [-0.05, 0) is 105 Å². The monoisotopic (exact) mass is 1040 g/mol. The van der Waals surface area contributed by atoms with Crippen LogP contribution in [0.15, 0.2) is 111 Å². The van der Waals surface area contributed by atoms with Crippen molar-refractivity contribution in [2.24, 2.45) is 20.5 Å². The molecule has 0 spiro atoms. The number of hydrogen-bond acceptors (Lipinski definition) is 12. The van der Waals surface area contributed by atoms with Gasteiger partial charge in [-0.25, -0.2) is 0 Å². The average Bonchev–Trinajstić information content (AvgIpc) is 3.31. The van der Waals surface area contributed by atoms with Crippen molar-refractivity contribution < 1.29 is 38.2 Å². The Morgan fingerprint density at radius 3 is 1.43 bits per heavy atom. The SMILES string of the molecule is CCOc1cccc(CCl)c1NC(=O)c1cccc(N=NC(C(C)=O)C(=O)Nc2ccc(NC(=O)C(N=Nc3cccc(C(=O)Nc4c(CCl)cccc4OCC)c3Cl)C(C)=O)c(CCCl)c2)c1Cl. The number of anilines is 4. The van der Waals surface area contributed by atoms with Crippen molar-refractivity contribution in [1.82, 2.24) is 0 Å². The third kappa shape index (κ3) is 13.9. The largest absolute Gasteiger partial charge is 0.492 e. The Labute approximate surface area is 422 Å². The zero-order valence-corrected chi connectivity index (χ0v) is 41.3. The van der Waals surface area contributed by atoms with Gasteiger partial charge in [-0.1, -0.05) is 59.6 Å². The second kappa shape index (κ2) is 25.8. The zero-order chi connectivity index (χ0) is 50.2. The lowest BCUT2D eigenvalue weighted by atomic mass is 10.1. The Balaban J connectivity index is 1.30. The molecule has 4 N–H and O–H groups in total. The maximum Gasteiger partial charge on any atom is 0.258 e. The Morgan fingerprint density at radius 2 is 1.01 bits per heavy atom. The number of ketones is 2. The highest BCUT2D eigenvalue weighted by Crippen LogP contribution is 2.36. The fraction of sp³-hybridized carbons (Fsp3) is 0.250. The van der Waals surface area contributed by atoms with Crippen molar-refractivity contribution >= 4 is 127 Å². The van der Waals surface area contributed by atoms with Gasteiger partial charge in [0.2, 0.25) is 12.1 Å². The van der Waals surface area contributed by atoms with Gasteiger partial charge in [0.25, 0.3) is 23.6 Å². The number of benzene rings is 5. The fourth-order valence-electron chi connectivity index (χ4n) is 6.51. The number of alkyl halides is 3. The minimum atomic E-state index is -1.64. The van der Waals surface area contributed by atoms with E-state index in [0.717, 1.165) is 13.8 Å². The number of aryl methyl sites for hydroxylation is 1. The molecule has 0 radical (unpaired) electrons. The van der Waals surface area contributed by atoms with Gasteiger partial charge in [-0.2, -0.15) is 20.5 Å². The molecule has 5 aromatic rings. The Morgan fingerprint density at radius 1 is 0.565 bits per heavy atom. The number of para-hydroxylation sites is 2. The van der Waals surface area contributed by atoms with Crippen LogP contribution in [-0.4, -0.2) is 66.4 Å². The normalized spacial score (nSPS) is 12.0. The number of carbonyl (C=O) groups excluding carboxylic acids is 6. The van der Waals surface area contributed by atoms with Crippen LogP contribution in [0.25, 0.3) is 0 Å². The molecule has 21 heteroatoms. The van der Waals surface area contributed by atoms with Crippen LogP contribution >= 0.6 is 58.0 Å². The lowest BCUT2D eigenvalue weighted by Gasteiger charge is -2.16. The van der Waals surface area contributed by atoms with Gasteiger partial charge < -0.3 is 30.7 Å². The third-order valence-electron chi connectivity index (χ3n) is 9.86. The van der Waals surface area contributed by atoms with E-state index in [9.17, 15) is 28.8 Å². The summed E-state index contributed by atoms with van der Waals surface area (Å²) in [4.78, 5) is 79.4. The molecule has 360 valence electrons. The highest BCUT2D eigenvalue weighted by atomic mass is 35.5. The van der Waals surface area contributed by atoms with Gasteiger partial charge in [-0.3, -0.25) is 28.8 Å². The van der Waals surface area contributed by atoms with Crippen LogP contribution in [0.2, 0.25) is 10.0 Å². The summed E-state index contributed by atoms with van der Waals surface area (Å²) in [7, 11) is 0. The van der Waals surface area contributed by atoms with Crippen molar-refractivity contribution in [1.29, 1.82) is 0 Å². The average molecular weight is 1040 g/mol. The van der Waals surface area contributed by atoms with E-state index >= 15 is 0 Å². The second-order valence-corrected chi connectivity index (χ2v) is 16.3. The maximum absolute atomic E-state index is 13.6. The lowest BCUT2D eigenvalue weighted by molar-refractivity contribution is -0.127. The number of carbonyl (C=O) groups is 6. The van der Waals surface area contributed by atoms with E-state index in [1.54, 1.807) is 50.2 Å². The van der Waals surface area contributed by atoms with Crippen LogP contribution in [0.4, 0.5) is 34.1 Å². The minimum absolute atomic E-state index is 0.00596. The first-order chi connectivity index (χ1) is 33.1. The Bertz CT molecular complexity index is 2810. The molecule has 2 unspecified atom stereocenters. The number of hydrogen-bond donors (Lipinski definition) is 4. The number of azo groups is 2. The summed E-state index contributed by atoms with van der Waals surface area (Å²) in [5, 5.41) is 26.8. The van der Waals surface area contributed by atoms with E-state index in [1.807, 2.05) is 0 Å². The zero-order valence-electron chi connectivity index (χ0n) is 37.5. The predicted octanol–water partition coefficient (Wildman–Crippen LogP) is 11.9. The molecule has 0 aliphatic heterocycles. The maximum atomic E-state index is 13.6. The Kier molecular flexibility index (Phi) is 20.0. The summed E-state index contributed by atoms with van der Waals surface area (Å²) in [6.07, 6.45) is 0.196. The molecule has 0 aromatic heterocycles. The van der Waals surface area contributed by atoms with Gasteiger partial charge in [0.05, 0.1) is 45.8 Å². The van der Waals surface area contributed by atoms with E-state index in [0.29, 0.717) is 52.8 Å². The van der Waals surface area contributed by atoms with Gasteiger partial charge in [0, 0.05) is 29.0 Å². The minimum Gasteiger partial charge on any atom is -0.492 e. The van der Waals surface area contributed by atoms with Crippen LogP contribution in [0.3, 0.4) is 0 Å². The summed E-state index contributed by atoms with van der Waals surface area (Å²) < 4.78 is 11.3. The number of amides is 4. The Hall–Kier alpha value is -6.43. The second-order valence-electron chi connectivity index (χ2n) is 14.6. The van der Waals surface area contributed by atoms with Crippen molar-refractivity contribution in [3.05, 3.63) is 129 Å². The fourth-order valence-corrected chi connectivity index (χ4v) is 7.66. The molecule has 16 nitrogen and oxygen atoms in total. The molecule has 0 heterocycles. The van der Waals surface area contributed by atoms with Crippen LogP contribution in [-0.2, 0) is 37.4 Å². The first-order valence-corrected chi connectivity index (χ1v) is 23.5. The first-order valence-electron chi connectivity index (χ1n) is 21.1. The molecule has 2 atom stereocenters. The molecule has 4 amide bonds. The van der Waals surface area contributed by atoms with Gasteiger partial charge in [0.15, 0.2) is 11.6 Å². The van der Waals surface area contributed by atoms with Crippen LogP contribution in [0.5, 0.6) is 11.5 Å².